The molecule has 128 valence electrons. The number of ether oxygens (including phenoxy) is 1. The van der Waals surface area contributed by atoms with Crippen LogP contribution in [-0.4, -0.2) is 12.4 Å². The van der Waals surface area contributed by atoms with E-state index in [2.05, 4.69) is 31.3 Å². The Labute approximate surface area is 145 Å². The maximum atomic E-state index is 12.3. The van der Waals surface area contributed by atoms with Crippen LogP contribution >= 0.6 is 15.9 Å². The maximum absolute atomic E-state index is 12.3. The lowest BCUT2D eigenvalue weighted by Gasteiger charge is -2.14. The first-order valence-corrected chi connectivity index (χ1v) is 7.73. The zero-order valence-electron chi connectivity index (χ0n) is 12.4. The first-order valence-electron chi connectivity index (χ1n) is 6.94. The molecule has 2 amide bonds. The van der Waals surface area contributed by atoms with Crippen LogP contribution in [0.4, 0.5) is 18.0 Å². The topological polar surface area (TPSA) is 50.4 Å². The van der Waals surface area contributed by atoms with Crippen LogP contribution in [0.5, 0.6) is 5.75 Å². The second-order valence-electron chi connectivity index (χ2n) is 4.78. The van der Waals surface area contributed by atoms with Crippen molar-refractivity contribution in [1.82, 2.24) is 10.6 Å². The number of benzene rings is 2. The van der Waals surface area contributed by atoms with Gasteiger partial charge in [0, 0.05) is 23.1 Å². The Balaban J connectivity index is 1.89. The van der Waals surface area contributed by atoms with Crippen LogP contribution < -0.4 is 15.4 Å². The van der Waals surface area contributed by atoms with E-state index in [9.17, 15) is 18.0 Å². The Morgan fingerprint density at radius 1 is 0.958 bits per heavy atom. The summed E-state index contributed by atoms with van der Waals surface area (Å²) in [5.74, 6) is -0.337. The molecule has 0 radical (unpaired) electrons. The quantitative estimate of drug-likeness (QED) is 0.780. The molecular weight excluding hydrogens is 389 g/mol. The Hall–Kier alpha value is -2.22. The summed E-state index contributed by atoms with van der Waals surface area (Å²) in [5, 5.41) is 5.14. The number of rotatable bonds is 5. The number of para-hydroxylation sites is 1. The van der Waals surface area contributed by atoms with Crippen LogP contribution in [0.3, 0.4) is 0 Å². The summed E-state index contributed by atoms with van der Waals surface area (Å²) in [4.78, 5) is 11.8. The van der Waals surface area contributed by atoms with Gasteiger partial charge in [0.25, 0.3) is 0 Å². The smallest absolute Gasteiger partial charge is 0.405 e. The number of carbonyl (C=O) groups is 1. The molecule has 0 spiro atoms. The summed E-state index contributed by atoms with van der Waals surface area (Å²) in [6, 6.07) is 12.5. The molecule has 0 saturated heterocycles. The molecule has 0 saturated carbocycles. The lowest BCUT2D eigenvalue weighted by molar-refractivity contribution is -0.274. The average Bonchev–Trinajstić information content (AvgIpc) is 2.52. The van der Waals surface area contributed by atoms with Crippen molar-refractivity contribution in [1.29, 1.82) is 0 Å². The van der Waals surface area contributed by atoms with Crippen LogP contribution in [0.2, 0.25) is 0 Å². The molecule has 4 nitrogen and oxygen atoms in total. The minimum atomic E-state index is -4.78. The predicted molar refractivity (Wildman–Crippen MR) is 86.3 cm³/mol. The molecule has 2 rings (SSSR count). The molecule has 2 aromatic rings. The van der Waals surface area contributed by atoms with Gasteiger partial charge in [-0.2, -0.15) is 0 Å². The van der Waals surface area contributed by atoms with Crippen molar-refractivity contribution >= 4 is 22.0 Å². The third-order valence-corrected chi connectivity index (χ3v) is 3.81. The summed E-state index contributed by atoms with van der Waals surface area (Å²) in [6.07, 6.45) is -4.78. The molecule has 2 aromatic carbocycles. The van der Waals surface area contributed by atoms with E-state index < -0.39 is 12.4 Å². The van der Waals surface area contributed by atoms with Gasteiger partial charge < -0.3 is 15.4 Å². The van der Waals surface area contributed by atoms with Crippen molar-refractivity contribution in [2.45, 2.75) is 19.5 Å². The summed E-state index contributed by atoms with van der Waals surface area (Å²) < 4.78 is 41.8. The van der Waals surface area contributed by atoms with E-state index in [1.807, 2.05) is 24.3 Å². The van der Waals surface area contributed by atoms with Crippen LogP contribution in [0.25, 0.3) is 0 Å². The second kappa shape index (κ2) is 8.05. The van der Waals surface area contributed by atoms with Gasteiger partial charge in [-0.15, -0.1) is 13.2 Å². The first-order chi connectivity index (χ1) is 11.3. The normalized spacial score (nSPS) is 11.0. The largest absolute Gasteiger partial charge is 0.573 e. The third kappa shape index (κ3) is 5.77. The van der Waals surface area contributed by atoms with Crippen molar-refractivity contribution in [3.05, 3.63) is 64.1 Å². The molecule has 0 bridgehead atoms. The van der Waals surface area contributed by atoms with Gasteiger partial charge in [-0.3, -0.25) is 0 Å². The van der Waals surface area contributed by atoms with E-state index in [4.69, 9.17) is 0 Å². The number of hydrogen-bond donors (Lipinski definition) is 2. The van der Waals surface area contributed by atoms with Crippen molar-refractivity contribution in [3.8, 4) is 5.75 Å². The molecule has 0 atom stereocenters. The molecule has 2 N–H and O–H groups in total. The second-order valence-corrected chi connectivity index (χ2v) is 5.64. The minimum Gasteiger partial charge on any atom is -0.405 e. The van der Waals surface area contributed by atoms with E-state index in [0.717, 1.165) is 10.0 Å². The number of hydrogen-bond acceptors (Lipinski definition) is 2. The van der Waals surface area contributed by atoms with Gasteiger partial charge in [0.15, 0.2) is 0 Å². The zero-order chi connectivity index (χ0) is 17.6. The highest BCUT2D eigenvalue weighted by Gasteiger charge is 2.31. The predicted octanol–water partition coefficient (Wildman–Crippen LogP) is 4.35. The van der Waals surface area contributed by atoms with E-state index in [-0.39, 0.29) is 24.4 Å². The number of halogens is 4. The molecular formula is C16H14BrF3N2O2. The lowest BCUT2D eigenvalue weighted by Crippen LogP contribution is -2.34. The van der Waals surface area contributed by atoms with Gasteiger partial charge in [0.1, 0.15) is 5.75 Å². The van der Waals surface area contributed by atoms with Crippen molar-refractivity contribution in [2.75, 3.05) is 0 Å². The van der Waals surface area contributed by atoms with Gasteiger partial charge in [-0.05, 0) is 17.7 Å². The fourth-order valence-corrected chi connectivity index (χ4v) is 2.35. The Kier molecular flexibility index (Phi) is 6.08. The summed E-state index contributed by atoms with van der Waals surface area (Å²) >= 11 is 3.36. The van der Waals surface area contributed by atoms with E-state index >= 15 is 0 Å². The van der Waals surface area contributed by atoms with Crippen LogP contribution in [0.15, 0.2) is 53.0 Å². The highest BCUT2D eigenvalue weighted by molar-refractivity contribution is 9.10. The molecule has 0 aliphatic rings. The van der Waals surface area contributed by atoms with Gasteiger partial charge in [0.05, 0.1) is 0 Å². The van der Waals surface area contributed by atoms with Crippen LogP contribution in [0.1, 0.15) is 11.1 Å². The maximum Gasteiger partial charge on any atom is 0.573 e. The standard InChI is InChI=1S/C16H14BrF3N2O2/c17-13-7-3-1-5-11(13)9-21-15(23)22-10-12-6-2-4-8-14(12)24-16(18,19)20/h1-8H,9-10H2,(H2,21,22,23). The molecule has 0 heterocycles. The molecule has 0 unspecified atom stereocenters. The number of nitrogens with one attached hydrogen (secondary N) is 2. The molecule has 24 heavy (non-hydrogen) atoms. The Bertz CT molecular complexity index is 708. The van der Waals surface area contributed by atoms with Gasteiger partial charge in [-0.1, -0.05) is 52.3 Å². The molecule has 0 aromatic heterocycles. The number of urea groups is 1. The van der Waals surface area contributed by atoms with E-state index in [1.54, 1.807) is 6.07 Å². The Morgan fingerprint density at radius 3 is 2.12 bits per heavy atom. The van der Waals surface area contributed by atoms with Gasteiger partial charge >= 0.3 is 12.4 Å². The van der Waals surface area contributed by atoms with Crippen molar-refractivity contribution in [2.24, 2.45) is 0 Å². The van der Waals surface area contributed by atoms with Gasteiger partial charge in [0.2, 0.25) is 0 Å². The Morgan fingerprint density at radius 2 is 1.50 bits per heavy atom. The molecule has 0 aliphatic carbocycles. The first kappa shape index (κ1) is 18.1. The summed E-state index contributed by atoms with van der Waals surface area (Å²) in [7, 11) is 0. The minimum absolute atomic E-state index is 0.0892. The van der Waals surface area contributed by atoms with Crippen molar-refractivity contribution in [3.63, 3.8) is 0 Å². The lowest BCUT2D eigenvalue weighted by atomic mass is 10.2. The van der Waals surface area contributed by atoms with E-state index in [1.165, 1.54) is 18.2 Å². The fraction of sp³-hybridized carbons (Fsp3) is 0.188. The highest BCUT2D eigenvalue weighted by Crippen LogP contribution is 2.26. The monoisotopic (exact) mass is 402 g/mol. The fourth-order valence-electron chi connectivity index (χ4n) is 1.93. The SMILES string of the molecule is O=C(NCc1ccccc1Br)NCc1ccccc1OC(F)(F)F. The van der Waals surface area contributed by atoms with Crippen LogP contribution in [0, 0.1) is 0 Å². The number of carbonyl (C=O) groups excluding carboxylic acids is 1. The van der Waals surface area contributed by atoms with Gasteiger partial charge in [-0.25, -0.2) is 4.79 Å². The van der Waals surface area contributed by atoms with Crippen molar-refractivity contribution < 1.29 is 22.7 Å². The average molecular weight is 403 g/mol. The zero-order valence-corrected chi connectivity index (χ0v) is 13.9. The van der Waals surface area contributed by atoms with E-state index in [0.29, 0.717) is 0 Å². The summed E-state index contributed by atoms with van der Waals surface area (Å²) in [5.41, 5.74) is 1.11. The third-order valence-electron chi connectivity index (χ3n) is 3.03. The highest BCUT2D eigenvalue weighted by atomic mass is 79.9. The number of alkyl halides is 3. The molecule has 0 fully saturated rings. The summed E-state index contributed by atoms with van der Waals surface area (Å²) in [6.45, 7) is 0.196. The molecule has 8 heteroatoms. The molecule has 0 aliphatic heterocycles. The number of amides is 2. The van der Waals surface area contributed by atoms with Crippen LogP contribution in [-0.2, 0) is 13.1 Å².